The van der Waals surface area contributed by atoms with E-state index in [1.54, 1.807) is 0 Å². The second kappa shape index (κ2) is 8.10. The van der Waals surface area contributed by atoms with Gasteiger partial charge in [-0.25, -0.2) is 0 Å². The molecule has 0 aliphatic rings. The summed E-state index contributed by atoms with van der Waals surface area (Å²) in [6, 6.07) is 12.0. The van der Waals surface area contributed by atoms with E-state index in [1.807, 2.05) is 36.4 Å². The van der Waals surface area contributed by atoms with E-state index in [1.165, 1.54) is 0 Å². The zero-order valence-corrected chi connectivity index (χ0v) is 7.29. The summed E-state index contributed by atoms with van der Waals surface area (Å²) in [5, 5.41) is 0. The summed E-state index contributed by atoms with van der Waals surface area (Å²) < 4.78 is 25.5. The molecule has 12 heavy (non-hydrogen) atoms. The minimum Gasteiger partial charge on any atom is -0.0623 e. The molecule has 3 nitrogen and oxygen atoms in total. The van der Waals surface area contributed by atoms with Gasteiger partial charge in [0.1, 0.15) is 0 Å². The Kier molecular flexibility index (Phi) is 10.1. The fourth-order valence-corrected chi connectivity index (χ4v) is 0.385. The first-order chi connectivity index (χ1) is 5.00. The van der Waals surface area contributed by atoms with Crippen LogP contribution in [-0.4, -0.2) is 42.5 Å². The first-order valence-corrected chi connectivity index (χ1v) is 5.19. The van der Waals surface area contributed by atoms with Crippen molar-refractivity contribution in [1.82, 2.24) is 0 Å². The molecule has 0 atom stereocenters. The van der Waals surface area contributed by atoms with Crippen LogP contribution in [0, 0.1) is 0 Å². The Balaban J connectivity index is 0. The van der Waals surface area contributed by atoms with Gasteiger partial charge in [-0.3, -0.25) is 4.55 Å². The Labute approximate surface area is 99.0 Å². The smallest absolute Gasteiger partial charge is 0.0623 e. The van der Waals surface area contributed by atoms with Crippen molar-refractivity contribution in [3.63, 3.8) is 0 Å². The molecule has 0 aliphatic heterocycles. The van der Waals surface area contributed by atoms with E-state index in [0.29, 0.717) is 0 Å². The summed E-state index contributed by atoms with van der Waals surface area (Å²) in [7, 11) is -3.97. The van der Waals surface area contributed by atoms with Crippen LogP contribution in [0.25, 0.3) is 0 Å². The predicted octanol–water partition coefficient (Wildman–Crippen LogP) is 0.757. The van der Waals surface area contributed by atoms with Gasteiger partial charge in [-0.2, -0.15) is 8.42 Å². The molecule has 1 N–H and O–H groups in total. The average Bonchev–Trinajstić information content (AvgIpc) is 1.88. The predicted molar refractivity (Wildman–Crippen MR) is 54.1 cm³/mol. The van der Waals surface area contributed by atoms with Crippen LogP contribution in [0.5, 0.6) is 0 Å². The largest absolute Gasteiger partial charge is 0.0623 e. The van der Waals surface area contributed by atoms with Crippen LogP contribution in [0.1, 0.15) is 0 Å². The van der Waals surface area contributed by atoms with Gasteiger partial charge in [0.05, 0.1) is 0 Å². The number of thiol groups is 1. The van der Waals surface area contributed by atoms with Crippen molar-refractivity contribution in [2.75, 3.05) is 0 Å². The van der Waals surface area contributed by atoms with Crippen LogP contribution in [0.15, 0.2) is 36.4 Å². The van der Waals surface area contributed by atoms with Crippen LogP contribution in [0.4, 0.5) is 0 Å². The Morgan fingerprint density at radius 1 is 0.917 bits per heavy atom. The molecule has 1 aromatic carbocycles. The minimum absolute atomic E-state index is 0. The summed E-state index contributed by atoms with van der Waals surface area (Å²) in [5.74, 6) is 0. The van der Waals surface area contributed by atoms with E-state index in [9.17, 15) is 0 Å². The molecular weight excluding hydrogens is 207 g/mol. The molecule has 0 saturated carbocycles. The van der Waals surface area contributed by atoms with Crippen molar-refractivity contribution < 1.29 is 13.0 Å². The van der Waals surface area contributed by atoms with Gasteiger partial charge < -0.3 is 0 Å². The van der Waals surface area contributed by atoms with Crippen molar-refractivity contribution >= 4 is 50.4 Å². The fourth-order valence-electron chi connectivity index (χ4n) is 0.385. The zero-order chi connectivity index (χ0) is 8.74. The average molecular weight is 216 g/mol. The van der Waals surface area contributed by atoms with Gasteiger partial charge in [-0.15, -0.1) is 0 Å². The monoisotopic (exact) mass is 216 g/mol. The van der Waals surface area contributed by atoms with E-state index in [2.05, 4.69) is 11.7 Å². The molecule has 0 radical (unpaired) electrons. The van der Waals surface area contributed by atoms with E-state index >= 15 is 0 Å². The van der Waals surface area contributed by atoms with Crippen molar-refractivity contribution in [2.45, 2.75) is 0 Å². The third kappa shape index (κ3) is 22.4. The molecular formula is C6H9NaO3S2. The molecule has 1 rings (SSSR count). The summed E-state index contributed by atoms with van der Waals surface area (Å²) in [5.41, 5.74) is 0. The van der Waals surface area contributed by atoms with Gasteiger partial charge in [0.25, 0.3) is 0 Å². The normalized spacial score (nSPS) is 8.83. The van der Waals surface area contributed by atoms with Crippen LogP contribution >= 0.6 is 11.7 Å². The van der Waals surface area contributed by atoms with Crippen LogP contribution in [0.3, 0.4) is 0 Å². The topological polar surface area (TPSA) is 54.4 Å². The number of rotatable bonds is 0. The number of hydrogen-bond donors (Lipinski definition) is 2. The molecule has 1 aromatic rings. The molecule has 0 spiro atoms. The second-order valence-corrected chi connectivity index (χ2v) is 3.88. The first-order valence-electron chi connectivity index (χ1n) is 2.70. The molecule has 0 saturated heterocycles. The molecule has 0 unspecified atom stereocenters. The quantitative estimate of drug-likeness (QED) is 0.291. The van der Waals surface area contributed by atoms with Crippen molar-refractivity contribution in [3.8, 4) is 0 Å². The molecule has 64 valence electrons. The molecule has 0 bridgehead atoms. The van der Waals surface area contributed by atoms with E-state index in [-0.39, 0.29) is 29.6 Å². The third-order valence-electron chi connectivity index (χ3n) is 0.667. The van der Waals surface area contributed by atoms with Gasteiger partial charge in [-0.1, -0.05) is 36.4 Å². The van der Waals surface area contributed by atoms with Crippen LogP contribution in [0.2, 0.25) is 0 Å². The van der Waals surface area contributed by atoms with Gasteiger partial charge in [0, 0.05) is 0 Å². The summed E-state index contributed by atoms with van der Waals surface area (Å²) in [6.07, 6.45) is 0. The third-order valence-corrected chi connectivity index (χ3v) is 0.667. The Bertz CT molecular complexity index is 237. The first kappa shape index (κ1) is 15.0. The summed E-state index contributed by atoms with van der Waals surface area (Å²) >= 11 is 2.65. The standard InChI is InChI=1S/C6H6.Na.H2O3S2.H/c1-2-4-6-5-3-1;;1-5(2,3)4;/h1-6H;;(H2,1,2,3,4);. The molecule has 0 fully saturated rings. The Morgan fingerprint density at radius 2 is 1.00 bits per heavy atom. The molecule has 0 aliphatic carbocycles. The Hall–Kier alpha value is 0.480. The SMILES string of the molecule is O=S(=O)(O)S.[NaH].c1ccccc1. The van der Waals surface area contributed by atoms with E-state index in [4.69, 9.17) is 13.0 Å². The maximum atomic E-state index is 9.05. The summed E-state index contributed by atoms with van der Waals surface area (Å²) in [6.45, 7) is 0. The van der Waals surface area contributed by atoms with Crippen molar-refractivity contribution in [3.05, 3.63) is 36.4 Å². The van der Waals surface area contributed by atoms with Crippen molar-refractivity contribution in [2.24, 2.45) is 0 Å². The maximum Gasteiger partial charge on any atom is -0.0623 e. The molecule has 6 heteroatoms. The zero-order valence-electron chi connectivity index (χ0n) is 5.58. The van der Waals surface area contributed by atoms with Gasteiger partial charge in [0.2, 0.25) is 0 Å². The van der Waals surface area contributed by atoms with Gasteiger partial charge in [0.15, 0.2) is 0 Å². The second-order valence-electron chi connectivity index (χ2n) is 1.60. The van der Waals surface area contributed by atoms with E-state index in [0.717, 1.165) is 0 Å². The van der Waals surface area contributed by atoms with E-state index < -0.39 is 9.15 Å². The van der Waals surface area contributed by atoms with Crippen LogP contribution < -0.4 is 0 Å². The summed E-state index contributed by atoms with van der Waals surface area (Å²) in [4.78, 5) is 0. The molecule has 0 aromatic heterocycles. The van der Waals surface area contributed by atoms with Crippen LogP contribution in [-0.2, 0) is 9.15 Å². The maximum absolute atomic E-state index is 9.05. The fraction of sp³-hybridized carbons (Fsp3) is 0. The number of benzene rings is 1. The van der Waals surface area contributed by atoms with Gasteiger partial charge >= 0.3 is 38.7 Å². The minimum atomic E-state index is -3.97. The van der Waals surface area contributed by atoms with Gasteiger partial charge in [-0.05, 0) is 11.7 Å². The number of hydrogen-bond acceptors (Lipinski definition) is 2. The van der Waals surface area contributed by atoms with Crippen molar-refractivity contribution in [1.29, 1.82) is 0 Å². The molecule has 0 heterocycles. The Morgan fingerprint density at radius 3 is 1.08 bits per heavy atom. The molecule has 0 amide bonds.